The second-order valence-corrected chi connectivity index (χ2v) is 5.70. The highest BCUT2D eigenvalue weighted by atomic mass is 16.4. The fourth-order valence-electron chi connectivity index (χ4n) is 2.79. The molecular formula is C15H28N2O3. The number of hydrogen-bond donors (Lipinski definition) is 2. The standard InChI is InChI=1S/C15H28N2O3/c1-3-6-12-7-5-9-17(10-8-12)15(20)16-11-13(4-2)14(18)19/h12-13H,3-11H2,1-2H3,(H,16,20)(H,18,19). The maximum absolute atomic E-state index is 12.1. The first kappa shape index (κ1) is 16.8. The van der Waals surface area contributed by atoms with Crippen LogP contribution in [0.1, 0.15) is 52.4 Å². The van der Waals surface area contributed by atoms with E-state index in [0.717, 1.165) is 31.8 Å². The molecule has 0 radical (unpaired) electrons. The van der Waals surface area contributed by atoms with Crippen LogP contribution < -0.4 is 5.32 Å². The Morgan fingerprint density at radius 2 is 2.05 bits per heavy atom. The first-order valence-corrected chi connectivity index (χ1v) is 7.84. The first-order chi connectivity index (χ1) is 9.58. The Labute approximate surface area is 121 Å². The van der Waals surface area contributed by atoms with Gasteiger partial charge in [-0.05, 0) is 31.6 Å². The van der Waals surface area contributed by atoms with Crippen LogP contribution in [0.4, 0.5) is 4.79 Å². The van der Waals surface area contributed by atoms with Crippen LogP contribution in [-0.4, -0.2) is 41.6 Å². The highest BCUT2D eigenvalue weighted by Crippen LogP contribution is 2.21. The van der Waals surface area contributed by atoms with Gasteiger partial charge < -0.3 is 15.3 Å². The monoisotopic (exact) mass is 284 g/mol. The number of carbonyl (C=O) groups excluding carboxylic acids is 1. The lowest BCUT2D eigenvalue weighted by Crippen LogP contribution is -2.43. The molecule has 5 heteroatoms. The zero-order valence-corrected chi connectivity index (χ0v) is 12.7. The van der Waals surface area contributed by atoms with Gasteiger partial charge in [0.1, 0.15) is 0 Å². The number of amides is 2. The zero-order chi connectivity index (χ0) is 15.0. The molecule has 0 aromatic heterocycles. The lowest BCUT2D eigenvalue weighted by Gasteiger charge is -2.22. The second-order valence-electron chi connectivity index (χ2n) is 5.70. The third-order valence-corrected chi connectivity index (χ3v) is 4.17. The fourth-order valence-corrected chi connectivity index (χ4v) is 2.79. The molecule has 20 heavy (non-hydrogen) atoms. The quantitative estimate of drug-likeness (QED) is 0.788. The summed E-state index contributed by atoms with van der Waals surface area (Å²) in [6.07, 6.45) is 6.30. The molecule has 1 heterocycles. The SMILES string of the molecule is CCCC1CCCN(C(=O)NCC(CC)C(=O)O)CC1. The lowest BCUT2D eigenvalue weighted by molar-refractivity contribution is -0.141. The van der Waals surface area contributed by atoms with E-state index in [0.29, 0.717) is 6.42 Å². The van der Waals surface area contributed by atoms with Gasteiger partial charge in [-0.3, -0.25) is 4.79 Å². The third kappa shape index (κ3) is 5.39. The van der Waals surface area contributed by atoms with Gasteiger partial charge in [-0.15, -0.1) is 0 Å². The second kappa shape index (κ2) is 8.82. The van der Waals surface area contributed by atoms with Crippen molar-refractivity contribution >= 4 is 12.0 Å². The van der Waals surface area contributed by atoms with Gasteiger partial charge in [-0.25, -0.2) is 4.79 Å². The van der Waals surface area contributed by atoms with Crippen molar-refractivity contribution in [1.82, 2.24) is 10.2 Å². The van der Waals surface area contributed by atoms with Gasteiger partial charge in [0.2, 0.25) is 0 Å². The molecule has 2 N–H and O–H groups in total. The fraction of sp³-hybridized carbons (Fsp3) is 0.867. The van der Waals surface area contributed by atoms with Crippen LogP contribution >= 0.6 is 0 Å². The molecule has 1 fully saturated rings. The number of aliphatic carboxylic acids is 1. The molecule has 2 unspecified atom stereocenters. The minimum absolute atomic E-state index is 0.109. The molecule has 1 aliphatic heterocycles. The van der Waals surface area contributed by atoms with Crippen molar-refractivity contribution in [3.63, 3.8) is 0 Å². The summed E-state index contributed by atoms with van der Waals surface area (Å²) in [6.45, 7) is 5.83. The summed E-state index contributed by atoms with van der Waals surface area (Å²) in [7, 11) is 0. The Kier molecular flexibility index (Phi) is 7.41. The predicted molar refractivity (Wildman–Crippen MR) is 78.6 cm³/mol. The number of carboxylic acids is 1. The van der Waals surface area contributed by atoms with E-state index < -0.39 is 11.9 Å². The Hall–Kier alpha value is -1.26. The highest BCUT2D eigenvalue weighted by Gasteiger charge is 2.22. The normalized spacial score (nSPS) is 21.1. The maximum atomic E-state index is 12.1. The molecule has 1 aliphatic rings. The van der Waals surface area contributed by atoms with Crippen LogP contribution in [0, 0.1) is 11.8 Å². The summed E-state index contributed by atoms with van der Waals surface area (Å²) < 4.78 is 0. The number of nitrogens with one attached hydrogen (secondary N) is 1. The van der Waals surface area contributed by atoms with Crippen LogP contribution in [0.3, 0.4) is 0 Å². The maximum Gasteiger partial charge on any atom is 0.317 e. The van der Waals surface area contributed by atoms with Gasteiger partial charge >= 0.3 is 12.0 Å². The van der Waals surface area contributed by atoms with Crippen LogP contribution in [0.15, 0.2) is 0 Å². The largest absolute Gasteiger partial charge is 0.481 e. The predicted octanol–water partition coefficient (Wildman–Crippen LogP) is 2.71. The van der Waals surface area contributed by atoms with E-state index in [4.69, 9.17) is 5.11 Å². The van der Waals surface area contributed by atoms with Gasteiger partial charge in [0.25, 0.3) is 0 Å². The van der Waals surface area contributed by atoms with Crippen LogP contribution in [0.2, 0.25) is 0 Å². The van der Waals surface area contributed by atoms with Crippen molar-refractivity contribution in [2.75, 3.05) is 19.6 Å². The van der Waals surface area contributed by atoms with Crippen molar-refractivity contribution in [3.05, 3.63) is 0 Å². The topological polar surface area (TPSA) is 69.6 Å². The van der Waals surface area contributed by atoms with E-state index >= 15 is 0 Å². The molecule has 0 aromatic carbocycles. The van der Waals surface area contributed by atoms with E-state index in [1.54, 1.807) is 0 Å². The van der Waals surface area contributed by atoms with Gasteiger partial charge in [-0.2, -0.15) is 0 Å². The Balaban J connectivity index is 2.37. The Morgan fingerprint density at radius 3 is 2.65 bits per heavy atom. The number of nitrogens with zero attached hydrogens (tertiary/aromatic N) is 1. The molecule has 2 amide bonds. The van der Waals surface area contributed by atoms with E-state index in [1.165, 1.54) is 19.3 Å². The van der Waals surface area contributed by atoms with Gasteiger partial charge in [-0.1, -0.05) is 26.7 Å². The van der Waals surface area contributed by atoms with Gasteiger partial charge in [0, 0.05) is 19.6 Å². The number of likely N-dealkylation sites (tertiary alicyclic amines) is 1. The molecule has 1 rings (SSSR count). The summed E-state index contributed by atoms with van der Waals surface area (Å²) in [5.41, 5.74) is 0. The van der Waals surface area contributed by atoms with E-state index in [2.05, 4.69) is 12.2 Å². The highest BCUT2D eigenvalue weighted by molar-refractivity contribution is 5.76. The number of hydrogen-bond acceptors (Lipinski definition) is 2. The number of urea groups is 1. The minimum Gasteiger partial charge on any atom is -0.481 e. The van der Waals surface area contributed by atoms with Gasteiger partial charge in [0.15, 0.2) is 0 Å². The average molecular weight is 284 g/mol. The smallest absolute Gasteiger partial charge is 0.317 e. The molecule has 116 valence electrons. The summed E-state index contributed by atoms with van der Waals surface area (Å²) in [5, 5.41) is 11.7. The number of carboxylic acid groups (broad SMARTS) is 1. The number of carbonyl (C=O) groups is 2. The molecule has 0 aromatic rings. The molecule has 1 saturated heterocycles. The van der Waals surface area contributed by atoms with Crippen molar-refractivity contribution in [2.45, 2.75) is 52.4 Å². The molecular weight excluding hydrogens is 256 g/mol. The molecule has 0 bridgehead atoms. The third-order valence-electron chi connectivity index (χ3n) is 4.17. The van der Waals surface area contributed by atoms with Crippen LogP contribution in [0.25, 0.3) is 0 Å². The van der Waals surface area contributed by atoms with E-state index in [9.17, 15) is 9.59 Å². The Bertz CT molecular complexity index is 320. The van der Waals surface area contributed by atoms with Gasteiger partial charge in [0.05, 0.1) is 5.92 Å². The van der Waals surface area contributed by atoms with E-state index in [1.807, 2.05) is 11.8 Å². The summed E-state index contributed by atoms with van der Waals surface area (Å²) in [6, 6.07) is -0.109. The molecule has 0 spiro atoms. The van der Waals surface area contributed by atoms with Crippen LogP contribution in [-0.2, 0) is 4.79 Å². The molecule has 5 nitrogen and oxygen atoms in total. The molecule has 0 saturated carbocycles. The van der Waals surface area contributed by atoms with Crippen molar-refractivity contribution in [2.24, 2.45) is 11.8 Å². The van der Waals surface area contributed by atoms with Crippen molar-refractivity contribution in [1.29, 1.82) is 0 Å². The summed E-state index contributed by atoms with van der Waals surface area (Å²) >= 11 is 0. The minimum atomic E-state index is -0.841. The first-order valence-electron chi connectivity index (χ1n) is 7.84. The van der Waals surface area contributed by atoms with Crippen molar-refractivity contribution < 1.29 is 14.7 Å². The molecule has 2 atom stereocenters. The summed E-state index contributed by atoms with van der Waals surface area (Å²) in [4.78, 5) is 24.8. The van der Waals surface area contributed by atoms with Crippen LogP contribution in [0.5, 0.6) is 0 Å². The average Bonchev–Trinajstić information content (AvgIpc) is 2.65. The Morgan fingerprint density at radius 1 is 1.30 bits per heavy atom. The van der Waals surface area contributed by atoms with E-state index in [-0.39, 0.29) is 12.6 Å². The zero-order valence-electron chi connectivity index (χ0n) is 12.7. The molecule has 0 aliphatic carbocycles. The summed E-state index contributed by atoms with van der Waals surface area (Å²) in [5.74, 6) is -0.592. The number of rotatable bonds is 6. The lowest BCUT2D eigenvalue weighted by atomic mass is 9.96. The van der Waals surface area contributed by atoms with Crippen molar-refractivity contribution in [3.8, 4) is 0 Å².